The first-order valence-electron chi connectivity index (χ1n) is 4.41. The molecule has 0 fully saturated rings. The minimum atomic E-state index is -1.12. The van der Waals surface area contributed by atoms with Crippen LogP contribution in [0.3, 0.4) is 0 Å². The lowest BCUT2D eigenvalue weighted by molar-refractivity contribution is 0.0931. The zero-order valence-electron chi connectivity index (χ0n) is 8.21. The molecule has 0 unspecified atom stereocenters. The Kier molecular flexibility index (Phi) is 3.97. The molecule has 16 heavy (non-hydrogen) atoms. The summed E-state index contributed by atoms with van der Waals surface area (Å²) in [4.78, 5) is 11.4. The van der Waals surface area contributed by atoms with Gasteiger partial charge in [0.25, 0.3) is 5.91 Å². The Hall–Kier alpha value is -1.93. The van der Waals surface area contributed by atoms with Gasteiger partial charge in [0.15, 0.2) is 11.6 Å². The number of nitrogens with one attached hydrogen (secondary N) is 1. The summed E-state index contributed by atoms with van der Waals surface area (Å²) < 4.78 is 25.4. The largest absolute Gasteiger partial charge is 0.393 e. The van der Waals surface area contributed by atoms with Gasteiger partial charge in [0.2, 0.25) is 0 Å². The summed E-state index contributed by atoms with van der Waals surface area (Å²) in [6, 6.07) is 1.88. The zero-order valence-corrected chi connectivity index (χ0v) is 8.21. The maximum Gasteiger partial charge on any atom is 0.252 e. The molecule has 84 valence electrons. The topological polar surface area (TPSA) is 49.3 Å². The third kappa shape index (κ3) is 2.78. The smallest absolute Gasteiger partial charge is 0.252 e. The van der Waals surface area contributed by atoms with Crippen molar-refractivity contribution in [3.05, 3.63) is 35.4 Å². The van der Waals surface area contributed by atoms with Crippen LogP contribution in [-0.2, 0) is 0 Å². The highest BCUT2D eigenvalue weighted by molar-refractivity contribution is 5.94. The summed E-state index contributed by atoms with van der Waals surface area (Å²) >= 11 is 0. The van der Waals surface area contributed by atoms with Gasteiger partial charge in [0.05, 0.1) is 6.61 Å². The van der Waals surface area contributed by atoms with Gasteiger partial charge in [-0.05, 0) is 18.2 Å². The highest BCUT2D eigenvalue weighted by Crippen LogP contribution is 2.08. The predicted octanol–water partition coefficient (Wildman–Crippen LogP) is 0.689. The number of terminal acetylenes is 1. The van der Waals surface area contributed by atoms with Crippen molar-refractivity contribution in [1.29, 1.82) is 0 Å². The minimum absolute atomic E-state index is 0.0624. The Morgan fingerprint density at radius 2 is 2.19 bits per heavy atom. The van der Waals surface area contributed by atoms with E-state index in [0.29, 0.717) is 0 Å². The van der Waals surface area contributed by atoms with E-state index in [4.69, 9.17) is 11.5 Å². The van der Waals surface area contributed by atoms with Gasteiger partial charge in [-0.3, -0.25) is 4.79 Å². The van der Waals surface area contributed by atoms with E-state index in [1.807, 2.05) is 0 Å². The number of hydrogen-bond acceptors (Lipinski definition) is 2. The maximum absolute atomic E-state index is 12.8. The molecule has 2 N–H and O–H groups in total. The SMILES string of the molecule is C#C[C@H](CO)NC(=O)c1ccc(F)c(F)c1. The molecule has 1 atom stereocenters. The minimum Gasteiger partial charge on any atom is -0.393 e. The van der Waals surface area contributed by atoms with Crippen LogP contribution in [0, 0.1) is 24.0 Å². The van der Waals surface area contributed by atoms with Gasteiger partial charge in [-0.25, -0.2) is 8.78 Å². The molecule has 0 spiro atoms. The van der Waals surface area contributed by atoms with Gasteiger partial charge < -0.3 is 10.4 Å². The molecule has 0 bridgehead atoms. The fourth-order valence-corrected chi connectivity index (χ4v) is 1.02. The first-order chi connectivity index (χ1) is 7.58. The summed E-state index contributed by atoms with van der Waals surface area (Å²) in [5.41, 5.74) is -0.0624. The Morgan fingerprint density at radius 1 is 1.50 bits per heavy atom. The van der Waals surface area contributed by atoms with Gasteiger partial charge in [-0.1, -0.05) is 5.92 Å². The van der Waals surface area contributed by atoms with E-state index in [2.05, 4.69) is 11.2 Å². The maximum atomic E-state index is 12.8. The van der Waals surface area contributed by atoms with Crippen molar-refractivity contribution in [2.75, 3.05) is 6.61 Å². The van der Waals surface area contributed by atoms with E-state index in [0.717, 1.165) is 18.2 Å². The summed E-state index contributed by atoms with van der Waals surface area (Å²) in [7, 11) is 0. The number of aliphatic hydroxyl groups is 1. The standard InChI is InChI=1S/C11H9F2NO2/c1-2-8(6-15)14-11(16)7-3-4-9(12)10(13)5-7/h1,3-5,8,15H,6H2,(H,14,16)/t8-/m1/s1. The number of benzene rings is 1. The van der Waals surface area contributed by atoms with Crippen LogP contribution in [0.5, 0.6) is 0 Å². The first kappa shape index (κ1) is 12.1. The Labute approximate surface area is 91.1 Å². The average molecular weight is 225 g/mol. The van der Waals surface area contributed by atoms with Crippen molar-refractivity contribution >= 4 is 5.91 Å². The zero-order chi connectivity index (χ0) is 12.1. The lowest BCUT2D eigenvalue weighted by Gasteiger charge is -2.09. The molecule has 5 heteroatoms. The second-order valence-corrected chi connectivity index (χ2v) is 3.00. The van der Waals surface area contributed by atoms with E-state index < -0.39 is 30.2 Å². The number of carbonyl (C=O) groups is 1. The van der Waals surface area contributed by atoms with Crippen LogP contribution in [0.15, 0.2) is 18.2 Å². The lowest BCUT2D eigenvalue weighted by Crippen LogP contribution is -2.36. The predicted molar refractivity (Wildman–Crippen MR) is 53.5 cm³/mol. The van der Waals surface area contributed by atoms with Crippen LogP contribution in [-0.4, -0.2) is 23.7 Å². The summed E-state index contributed by atoms with van der Waals surface area (Å²) in [6.45, 7) is -0.425. The number of aliphatic hydroxyl groups excluding tert-OH is 1. The average Bonchev–Trinajstić information content (AvgIpc) is 2.29. The number of amides is 1. The number of rotatable bonds is 3. The molecule has 0 radical (unpaired) electrons. The van der Waals surface area contributed by atoms with Crippen molar-refractivity contribution in [1.82, 2.24) is 5.32 Å². The van der Waals surface area contributed by atoms with Gasteiger partial charge in [0, 0.05) is 5.56 Å². The molecular weight excluding hydrogens is 216 g/mol. The third-order valence-corrected chi connectivity index (χ3v) is 1.87. The fourth-order valence-electron chi connectivity index (χ4n) is 1.02. The normalized spacial score (nSPS) is 11.6. The molecule has 0 aliphatic heterocycles. The van der Waals surface area contributed by atoms with Crippen LogP contribution in [0.25, 0.3) is 0 Å². The number of halogens is 2. The van der Waals surface area contributed by atoms with Gasteiger partial charge >= 0.3 is 0 Å². The molecule has 0 heterocycles. The summed E-state index contributed by atoms with van der Waals surface area (Å²) in [5.74, 6) is -0.694. The molecule has 0 aliphatic carbocycles. The molecule has 0 saturated heterocycles. The first-order valence-corrected chi connectivity index (χ1v) is 4.41. The summed E-state index contributed by atoms with van der Waals surface area (Å²) in [6.07, 6.45) is 5.00. The summed E-state index contributed by atoms with van der Waals surface area (Å²) in [5, 5.41) is 11.0. The van der Waals surface area contributed by atoms with Crippen molar-refractivity contribution in [3.63, 3.8) is 0 Å². The van der Waals surface area contributed by atoms with Gasteiger partial charge in [-0.2, -0.15) is 0 Å². The van der Waals surface area contributed by atoms with E-state index in [1.165, 1.54) is 0 Å². The highest BCUT2D eigenvalue weighted by Gasteiger charge is 2.12. The Balaban J connectivity index is 2.81. The quantitative estimate of drug-likeness (QED) is 0.743. The van der Waals surface area contributed by atoms with E-state index in [9.17, 15) is 13.6 Å². The van der Waals surface area contributed by atoms with Crippen LogP contribution in [0.4, 0.5) is 8.78 Å². The van der Waals surface area contributed by atoms with Crippen molar-refractivity contribution in [2.24, 2.45) is 0 Å². The van der Waals surface area contributed by atoms with E-state index >= 15 is 0 Å². The molecule has 1 aromatic rings. The third-order valence-electron chi connectivity index (χ3n) is 1.87. The van der Waals surface area contributed by atoms with Crippen molar-refractivity contribution in [2.45, 2.75) is 6.04 Å². The van der Waals surface area contributed by atoms with Gasteiger partial charge in [0.1, 0.15) is 6.04 Å². The molecule has 1 amide bonds. The van der Waals surface area contributed by atoms with Crippen LogP contribution >= 0.6 is 0 Å². The van der Waals surface area contributed by atoms with Crippen molar-refractivity contribution < 1.29 is 18.7 Å². The second-order valence-electron chi connectivity index (χ2n) is 3.00. The molecule has 3 nitrogen and oxygen atoms in total. The Bertz CT molecular complexity index is 440. The van der Waals surface area contributed by atoms with Crippen LogP contribution in [0.2, 0.25) is 0 Å². The van der Waals surface area contributed by atoms with E-state index in [-0.39, 0.29) is 5.56 Å². The molecule has 0 aromatic heterocycles. The number of carbonyl (C=O) groups excluding carboxylic acids is 1. The number of hydrogen-bond donors (Lipinski definition) is 2. The fraction of sp³-hybridized carbons (Fsp3) is 0.182. The monoisotopic (exact) mass is 225 g/mol. The lowest BCUT2D eigenvalue weighted by atomic mass is 10.2. The molecule has 0 saturated carbocycles. The molecule has 0 aliphatic rings. The molecule has 1 aromatic carbocycles. The van der Waals surface area contributed by atoms with Crippen molar-refractivity contribution in [3.8, 4) is 12.3 Å². The van der Waals surface area contributed by atoms with Crippen LogP contribution < -0.4 is 5.32 Å². The molecule has 1 rings (SSSR count). The van der Waals surface area contributed by atoms with Crippen LogP contribution in [0.1, 0.15) is 10.4 Å². The van der Waals surface area contributed by atoms with Gasteiger partial charge in [-0.15, -0.1) is 6.42 Å². The van der Waals surface area contributed by atoms with E-state index in [1.54, 1.807) is 0 Å². The highest BCUT2D eigenvalue weighted by atomic mass is 19.2. The molecular formula is C11H9F2NO2. The second kappa shape index (κ2) is 5.24. The Morgan fingerprint density at radius 3 is 2.69 bits per heavy atom.